The van der Waals surface area contributed by atoms with Crippen molar-refractivity contribution in [3.05, 3.63) is 65.5 Å². The highest BCUT2D eigenvalue weighted by Crippen LogP contribution is 2.31. The van der Waals surface area contributed by atoms with Crippen molar-refractivity contribution in [1.29, 1.82) is 0 Å². The van der Waals surface area contributed by atoms with E-state index in [1.807, 2.05) is 25.1 Å². The van der Waals surface area contributed by atoms with E-state index in [2.05, 4.69) is 10.6 Å². The van der Waals surface area contributed by atoms with Crippen molar-refractivity contribution in [3.63, 3.8) is 0 Å². The predicted molar refractivity (Wildman–Crippen MR) is 112 cm³/mol. The van der Waals surface area contributed by atoms with Crippen LogP contribution in [0.25, 0.3) is 0 Å². The molecule has 6 heteroatoms. The quantitative estimate of drug-likeness (QED) is 0.668. The molecule has 2 amide bonds. The molecule has 0 aromatic heterocycles. The van der Waals surface area contributed by atoms with E-state index in [-0.39, 0.29) is 36.1 Å². The van der Waals surface area contributed by atoms with E-state index < -0.39 is 5.82 Å². The van der Waals surface area contributed by atoms with Crippen LogP contribution in [-0.2, 0) is 16.0 Å². The van der Waals surface area contributed by atoms with Gasteiger partial charge < -0.3 is 16.4 Å². The van der Waals surface area contributed by atoms with Crippen molar-refractivity contribution in [2.75, 3.05) is 11.9 Å². The molecule has 1 unspecified atom stereocenters. The molecule has 1 aliphatic rings. The summed E-state index contributed by atoms with van der Waals surface area (Å²) in [7, 11) is 0. The number of carbonyl (C=O) groups excluding carboxylic acids is 2. The van der Waals surface area contributed by atoms with Gasteiger partial charge in [0.25, 0.3) is 0 Å². The van der Waals surface area contributed by atoms with E-state index in [0.717, 1.165) is 24.8 Å². The molecular weight excluding hydrogens is 369 g/mol. The van der Waals surface area contributed by atoms with Crippen LogP contribution < -0.4 is 16.4 Å². The van der Waals surface area contributed by atoms with Gasteiger partial charge in [0.15, 0.2) is 0 Å². The van der Waals surface area contributed by atoms with Crippen LogP contribution in [0.5, 0.6) is 0 Å². The lowest BCUT2D eigenvalue weighted by Crippen LogP contribution is -2.36. The first-order chi connectivity index (χ1) is 14.0. The van der Waals surface area contributed by atoms with Crippen molar-refractivity contribution in [1.82, 2.24) is 5.32 Å². The Morgan fingerprint density at radius 2 is 1.97 bits per heavy atom. The minimum absolute atomic E-state index is 0.0221. The number of nitrogens with one attached hydrogen (secondary N) is 2. The van der Waals surface area contributed by atoms with Crippen LogP contribution in [0.3, 0.4) is 0 Å². The Morgan fingerprint density at radius 3 is 2.72 bits per heavy atom. The normalized spacial score (nSPS) is 19.6. The molecular formula is C23H28FN3O2. The lowest BCUT2D eigenvalue weighted by molar-refractivity contribution is -0.126. The summed E-state index contributed by atoms with van der Waals surface area (Å²) in [5, 5.41) is 5.88. The summed E-state index contributed by atoms with van der Waals surface area (Å²) in [5.74, 6) is -0.409. The predicted octanol–water partition coefficient (Wildman–Crippen LogP) is 3.56. The van der Waals surface area contributed by atoms with Gasteiger partial charge in [0.1, 0.15) is 5.82 Å². The van der Waals surface area contributed by atoms with Gasteiger partial charge in [-0.05, 0) is 61.6 Å². The summed E-state index contributed by atoms with van der Waals surface area (Å²) in [6.45, 7) is 2.46. The van der Waals surface area contributed by atoms with Gasteiger partial charge in [0.2, 0.25) is 11.8 Å². The maximum atomic E-state index is 13.7. The fraction of sp³-hybridized carbons (Fsp3) is 0.391. The van der Waals surface area contributed by atoms with Gasteiger partial charge in [-0.25, -0.2) is 4.39 Å². The van der Waals surface area contributed by atoms with Crippen molar-refractivity contribution >= 4 is 17.5 Å². The Labute approximate surface area is 170 Å². The molecule has 4 N–H and O–H groups in total. The number of amides is 2. The Kier molecular flexibility index (Phi) is 6.99. The molecule has 0 radical (unpaired) electrons. The minimum atomic E-state index is -0.393. The highest BCUT2D eigenvalue weighted by molar-refractivity contribution is 5.92. The second-order valence-electron chi connectivity index (χ2n) is 7.71. The smallest absolute Gasteiger partial charge is 0.228 e. The molecule has 2 aromatic rings. The molecule has 154 valence electrons. The summed E-state index contributed by atoms with van der Waals surface area (Å²) < 4.78 is 13.7. The third-order valence-corrected chi connectivity index (χ3v) is 5.64. The lowest BCUT2D eigenvalue weighted by Gasteiger charge is -2.21. The van der Waals surface area contributed by atoms with Crippen LogP contribution in [0.2, 0.25) is 0 Å². The second-order valence-corrected chi connectivity index (χ2v) is 7.71. The van der Waals surface area contributed by atoms with Crippen LogP contribution in [-0.4, -0.2) is 18.4 Å². The first kappa shape index (κ1) is 21.0. The van der Waals surface area contributed by atoms with Crippen molar-refractivity contribution in [2.45, 2.75) is 38.6 Å². The fourth-order valence-corrected chi connectivity index (χ4v) is 3.97. The van der Waals surface area contributed by atoms with E-state index in [9.17, 15) is 14.0 Å². The molecule has 1 aliphatic carbocycles. The molecule has 1 fully saturated rings. The fourth-order valence-electron chi connectivity index (χ4n) is 3.97. The van der Waals surface area contributed by atoms with E-state index >= 15 is 0 Å². The summed E-state index contributed by atoms with van der Waals surface area (Å²) in [4.78, 5) is 24.9. The number of hydrogen-bond acceptors (Lipinski definition) is 3. The molecule has 5 nitrogen and oxygen atoms in total. The zero-order valence-corrected chi connectivity index (χ0v) is 16.7. The standard InChI is InChI=1S/C23H28FN3O2/c1-15(26-23(29)20-10-5-8-18(20)14-25)16-7-4-9-19(12-16)27-22(28)13-17-6-2-3-11-21(17)24/h2-4,6-7,9,11-12,15,18,20H,5,8,10,13-14,25H2,1H3,(H,26,29)(H,27,28)/t15?,18-,20-/m1/s1. The molecule has 0 spiro atoms. The largest absolute Gasteiger partial charge is 0.349 e. The van der Waals surface area contributed by atoms with Gasteiger partial charge in [-0.3, -0.25) is 9.59 Å². The molecule has 2 aromatic carbocycles. The van der Waals surface area contributed by atoms with Crippen molar-refractivity contribution in [3.8, 4) is 0 Å². The number of carbonyl (C=O) groups is 2. The minimum Gasteiger partial charge on any atom is -0.349 e. The van der Waals surface area contributed by atoms with Gasteiger partial charge in [0.05, 0.1) is 12.5 Å². The van der Waals surface area contributed by atoms with Gasteiger partial charge >= 0.3 is 0 Å². The Morgan fingerprint density at radius 1 is 1.17 bits per heavy atom. The van der Waals surface area contributed by atoms with Crippen molar-refractivity contribution < 1.29 is 14.0 Å². The molecule has 0 aliphatic heterocycles. The van der Waals surface area contributed by atoms with Crippen LogP contribution in [0.1, 0.15) is 43.4 Å². The SMILES string of the molecule is CC(NC(=O)[C@@H]1CCC[C@@H]1CN)c1cccc(NC(=O)Cc2ccccc2F)c1. The highest BCUT2D eigenvalue weighted by atomic mass is 19.1. The number of rotatable bonds is 7. The number of halogens is 1. The molecule has 3 atom stereocenters. The topological polar surface area (TPSA) is 84.2 Å². The molecule has 1 saturated carbocycles. The average molecular weight is 397 g/mol. The van der Waals surface area contributed by atoms with E-state index in [1.165, 1.54) is 6.07 Å². The maximum Gasteiger partial charge on any atom is 0.228 e. The Bertz CT molecular complexity index is 871. The van der Waals surface area contributed by atoms with Crippen LogP contribution >= 0.6 is 0 Å². The molecule has 29 heavy (non-hydrogen) atoms. The Hall–Kier alpha value is -2.73. The maximum absolute atomic E-state index is 13.7. The monoisotopic (exact) mass is 397 g/mol. The number of hydrogen-bond donors (Lipinski definition) is 3. The average Bonchev–Trinajstić information content (AvgIpc) is 3.19. The lowest BCUT2D eigenvalue weighted by atomic mass is 9.94. The first-order valence-electron chi connectivity index (χ1n) is 10.1. The summed E-state index contributed by atoms with van der Waals surface area (Å²) in [6, 6.07) is 13.4. The molecule has 0 bridgehead atoms. The van der Waals surface area contributed by atoms with Gasteiger partial charge in [0, 0.05) is 11.6 Å². The second kappa shape index (κ2) is 9.65. The van der Waals surface area contributed by atoms with Gasteiger partial charge in [-0.1, -0.05) is 36.8 Å². The Balaban J connectivity index is 1.60. The van der Waals surface area contributed by atoms with E-state index in [4.69, 9.17) is 5.73 Å². The zero-order chi connectivity index (χ0) is 20.8. The zero-order valence-electron chi connectivity index (χ0n) is 16.7. The first-order valence-corrected chi connectivity index (χ1v) is 10.1. The van der Waals surface area contributed by atoms with Crippen LogP contribution in [0.4, 0.5) is 10.1 Å². The van der Waals surface area contributed by atoms with Gasteiger partial charge in [-0.15, -0.1) is 0 Å². The molecule has 0 saturated heterocycles. The van der Waals surface area contributed by atoms with Gasteiger partial charge in [-0.2, -0.15) is 0 Å². The third-order valence-electron chi connectivity index (χ3n) is 5.64. The van der Waals surface area contributed by atoms with E-state index in [0.29, 0.717) is 17.8 Å². The van der Waals surface area contributed by atoms with Crippen molar-refractivity contribution in [2.24, 2.45) is 17.6 Å². The molecule has 0 heterocycles. The summed E-state index contributed by atoms with van der Waals surface area (Å²) in [5.41, 5.74) is 7.65. The van der Waals surface area contributed by atoms with E-state index in [1.54, 1.807) is 24.3 Å². The van der Waals surface area contributed by atoms with Crippen LogP contribution in [0, 0.1) is 17.7 Å². The third kappa shape index (κ3) is 5.41. The number of anilines is 1. The summed E-state index contributed by atoms with van der Waals surface area (Å²) in [6.07, 6.45) is 2.89. The molecule has 3 rings (SSSR count). The highest BCUT2D eigenvalue weighted by Gasteiger charge is 2.32. The number of nitrogens with two attached hydrogens (primary N) is 1. The number of benzene rings is 2. The van der Waals surface area contributed by atoms with Crippen LogP contribution in [0.15, 0.2) is 48.5 Å². The summed E-state index contributed by atoms with van der Waals surface area (Å²) >= 11 is 0.